The number of hydrogen-bond donors (Lipinski definition) is 1. The Labute approximate surface area is 139 Å². The standard InChI is InChI=1S/C15H13N3O4S2/c1-23(19,20)12-9-7-11(8-10-12)14-15(17-18-16-14)24(21,22)13-5-3-2-4-6-13/h2-10H,1H3,(H,16,17,18). The molecule has 0 amide bonds. The first-order chi connectivity index (χ1) is 11.3. The first-order valence-corrected chi connectivity index (χ1v) is 10.2. The zero-order valence-electron chi connectivity index (χ0n) is 12.5. The van der Waals surface area contributed by atoms with Crippen LogP contribution >= 0.6 is 0 Å². The van der Waals surface area contributed by atoms with E-state index in [1.165, 1.54) is 36.4 Å². The first-order valence-electron chi connectivity index (χ1n) is 6.82. The van der Waals surface area contributed by atoms with Gasteiger partial charge < -0.3 is 0 Å². The van der Waals surface area contributed by atoms with E-state index in [1.807, 2.05) is 0 Å². The van der Waals surface area contributed by atoms with Gasteiger partial charge in [-0.15, -0.1) is 5.10 Å². The van der Waals surface area contributed by atoms with Crippen LogP contribution in [0, 0.1) is 0 Å². The smallest absolute Gasteiger partial charge is 0.227 e. The summed E-state index contributed by atoms with van der Waals surface area (Å²) in [7, 11) is -7.17. The average molecular weight is 363 g/mol. The molecule has 0 unspecified atom stereocenters. The molecule has 1 aromatic heterocycles. The van der Waals surface area contributed by atoms with Crippen molar-refractivity contribution >= 4 is 19.7 Å². The fraction of sp³-hybridized carbons (Fsp3) is 0.0667. The highest BCUT2D eigenvalue weighted by Crippen LogP contribution is 2.28. The lowest BCUT2D eigenvalue weighted by Crippen LogP contribution is -2.04. The van der Waals surface area contributed by atoms with E-state index in [1.54, 1.807) is 18.2 Å². The zero-order chi connectivity index (χ0) is 17.4. The van der Waals surface area contributed by atoms with E-state index in [0.29, 0.717) is 5.56 Å². The van der Waals surface area contributed by atoms with Crippen LogP contribution in [0.4, 0.5) is 0 Å². The van der Waals surface area contributed by atoms with Gasteiger partial charge in [0.25, 0.3) is 0 Å². The van der Waals surface area contributed by atoms with Gasteiger partial charge in [0.15, 0.2) is 9.84 Å². The Bertz CT molecular complexity index is 1070. The van der Waals surface area contributed by atoms with E-state index >= 15 is 0 Å². The second kappa shape index (κ2) is 5.84. The van der Waals surface area contributed by atoms with E-state index in [9.17, 15) is 16.8 Å². The quantitative estimate of drug-likeness (QED) is 0.755. The molecule has 24 heavy (non-hydrogen) atoms. The Hall–Kier alpha value is -2.52. The number of nitrogens with one attached hydrogen (secondary N) is 1. The number of hydrogen-bond acceptors (Lipinski definition) is 6. The molecule has 3 aromatic rings. The summed E-state index contributed by atoms with van der Waals surface area (Å²) in [6.45, 7) is 0. The summed E-state index contributed by atoms with van der Waals surface area (Å²) in [4.78, 5) is 0.249. The van der Waals surface area contributed by atoms with Gasteiger partial charge in [0.2, 0.25) is 14.9 Å². The predicted octanol–water partition coefficient (Wildman–Crippen LogP) is 1.71. The molecule has 0 spiro atoms. The summed E-state index contributed by atoms with van der Waals surface area (Å²) in [6, 6.07) is 13.7. The maximum absolute atomic E-state index is 12.7. The van der Waals surface area contributed by atoms with Gasteiger partial charge in [-0.25, -0.2) is 16.8 Å². The Morgan fingerprint density at radius 1 is 0.833 bits per heavy atom. The van der Waals surface area contributed by atoms with Crippen LogP contribution in [0.3, 0.4) is 0 Å². The zero-order valence-corrected chi connectivity index (χ0v) is 14.2. The molecule has 0 radical (unpaired) electrons. The second-order valence-corrected chi connectivity index (χ2v) is 8.99. The van der Waals surface area contributed by atoms with Gasteiger partial charge in [0, 0.05) is 11.8 Å². The van der Waals surface area contributed by atoms with Crippen LogP contribution in [0.25, 0.3) is 11.3 Å². The monoisotopic (exact) mass is 363 g/mol. The number of aromatic amines is 1. The molecule has 0 aliphatic carbocycles. The number of benzene rings is 2. The van der Waals surface area contributed by atoms with Gasteiger partial charge in [0.05, 0.1) is 9.79 Å². The molecule has 1 N–H and O–H groups in total. The number of rotatable bonds is 4. The van der Waals surface area contributed by atoms with Crippen molar-refractivity contribution in [1.29, 1.82) is 0 Å². The Balaban J connectivity index is 2.09. The van der Waals surface area contributed by atoms with E-state index in [2.05, 4.69) is 15.4 Å². The predicted molar refractivity (Wildman–Crippen MR) is 86.8 cm³/mol. The molecular weight excluding hydrogens is 350 g/mol. The highest BCUT2D eigenvalue weighted by Gasteiger charge is 2.26. The maximum Gasteiger partial charge on any atom is 0.227 e. The molecule has 0 atom stereocenters. The van der Waals surface area contributed by atoms with Crippen LogP contribution < -0.4 is 0 Å². The van der Waals surface area contributed by atoms with E-state index in [4.69, 9.17) is 0 Å². The maximum atomic E-state index is 12.7. The summed E-state index contributed by atoms with van der Waals surface area (Å²) in [6.07, 6.45) is 1.10. The summed E-state index contributed by atoms with van der Waals surface area (Å²) in [5.74, 6) is 0. The summed E-state index contributed by atoms with van der Waals surface area (Å²) >= 11 is 0. The van der Waals surface area contributed by atoms with Crippen molar-refractivity contribution in [2.24, 2.45) is 0 Å². The van der Waals surface area contributed by atoms with E-state index < -0.39 is 19.7 Å². The minimum Gasteiger partial charge on any atom is -0.256 e. The molecule has 0 aliphatic rings. The molecule has 9 heteroatoms. The van der Waals surface area contributed by atoms with Crippen LogP contribution in [0.1, 0.15) is 0 Å². The molecule has 124 valence electrons. The SMILES string of the molecule is CS(=O)(=O)c1ccc(-c2[nH]nnc2S(=O)(=O)c2ccccc2)cc1. The molecule has 1 heterocycles. The van der Waals surface area contributed by atoms with Gasteiger partial charge >= 0.3 is 0 Å². The van der Waals surface area contributed by atoms with E-state index in [-0.39, 0.29) is 20.5 Å². The number of H-pyrrole nitrogens is 1. The minimum atomic E-state index is -3.84. The van der Waals surface area contributed by atoms with Gasteiger partial charge in [0.1, 0.15) is 5.69 Å². The van der Waals surface area contributed by atoms with Gasteiger partial charge in [-0.05, 0) is 24.3 Å². The third kappa shape index (κ3) is 2.95. The number of aromatic nitrogens is 3. The molecule has 3 rings (SSSR count). The molecule has 7 nitrogen and oxygen atoms in total. The molecular formula is C15H13N3O4S2. The van der Waals surface area contributed by atoms with Crippen molar-refractivity contribution in [3.8, 4) is 11.3 Å². The minimum absolute atomic E-state index is 0.105. The third-order valence-electron chi connectivity index (χ3n) is 3.40. The Morgan fingerprint density at radius 2 is 1.46 bits per heavy atom. The topological polar surface area (TPSA) is 110 Å². The molecule has 0 aliphatic heterocycles. The molecule has 0 fully saturated rings. The van der Waals surface area contributed by atoms with Gasteiger partial charge in [-0.2, -0.15) is 0 Å². The number of nitrogens with zero attached hydrogens (tertiary/aromatic N) is 2. The summed E-state index contributed by atoms with van der Waals surface area (Å²) in [5.41, 5.74) is 0.681. The fourth-order valence-corrected chi connectivity index (χ4v) is 4.12. The highest BCUT2D eigenvalue weighted by atomic mass is 32.2. The van der Waals surface area contributed by atoms with Crippen LogP contribution in [0.5, 0.6) is 0 Å². The van der Waals surface area contributed by atoms with Gasteiger partial charge in [-0.3, -0.25) is 5.10 Å². The Morgan fingerprint density at radius 3 is 2.04 bits per heavy atom. The van der Waals surface area contributed by atoms with Gasteiger partial charge in [-0.1, -0.05) is 35.5 Å². The lowest BCUT2D eigenvalue weighted by atomic mass is 10.2. The van der Waals surface area contributed by atoms with Crippen molar-refractivity contribution in [1.82, 2.24) is 15.4 Å². The van der Waals surface area contributed by atoms with Crippen LogP contribution in [-0.4, -0.2) is 38.5 Å². The molecule has 0 saturated carbocycles. The van der Waals surface area contributed by atoms with Crippen molar-refractivity contribution in [2.45, 2.75) is 14.8 Å². The normalized spacial score (nSPS) is 12.2. The lowest BCUT2D eigenvalue weighted by molar-refractivity contribution is 0.592. The largest absolute Gasteiger partial charge is 0.256 e. The second-order valence-electron chi connectivity index (χ2n) is 5.10. The van der Waals surface area contributed by atoms with E-state index in [0.717, 1.165) is 6.26 Å². The molecule has 2 aromatic carbocycles. The lowest BCUT2D eigenvalue weighted by Gasteiger charge is -2.05. The fourth-order valence-electron chi connectivity index (χ4n) is 2.17. The molecule has 0 bridgehead atoms. The van der Waals surface area contributed by atoms with Crippen LogP contribution in [0.15, 0.2) is 69.4 Å². The summed E-state index contributed by atoms with van der Waals surface area (Å²) in [5, 5.41) is 9.65. The first kappa shape index (κ1) is 16.3. The van der Waals surface area contributed by atoms with Crippen molar-refractivity contribution in [3.05, 3.63) is 54.6 Å². The number of sulfone groups is 2. The van der Waals surface area contributed by atoms with Crippen LogP contribution in [0.2, 0.25) is 0 Å². The third-order valence-corrected chi connectivity index (χ3v) is 6.21. The average Bonchev–Trinajstić information content (AvgIpc) is 3.05. The van der Waals surface area contributed by atoms with Crippen LogP contribution in [-0.2, 0) is 19.7 Å². The van der Waals surface area contributed by atoms with Crippen molar-refractivity contribution in [3.63, 3.8) is 0 Å². The van der Waals surface area contributed by atoms with Crippen molar-refractivity contribution in [2.75, 3.05) is 6.26 Å². The highest BCUT2D eigenvalue weighted by molar-refractivity contribution is 7.91. The molecule has 0 saturated heterocycles. The van der Waals surface area contributed by atoms with Crippen molar-refractivity contribution < 1.29 is 16.8 Å². The Kier molecular flexibility index (Phi) is 3.98. The summed E-state index contributed by atoms with van der Waals surface area (Å²) < 4.78 is 48.4.